The zero-order chi connectivity index (χ0) is 17.3. The van der Waals surface area contributed by atoms with E-state index in [1.807, 2.05) is 0 Å². The molecule has 1 aliphatic rings. The first-order valence-corrected chi connectivity index (χ1v) is 8.49. The Bertz CT molecular complexity index is 719. The summed E-state index contributed by atoms with van der Waals surface area (Å²) >= 11 is 0. The minimum Gasteiger partial charge on any atom is -0.479 e. The lowest BCUT2D eigenvalue weighted by Gasteiger charge is -2.18. The van der Waals surface area contributed by atoms with Gasteiger partial charge in [-0.25, -0.2) is 22.3 Å². The standard InChI is InChI=1S/C14H17FN2O5S/c1-2-16-23(21,22)11-5-3-10(4-6-11)12(18)17-8-7-14(15,9-17)13(19)20/h3-6,16H,2,7-9H2,1H3,(H,19,20). The van der Waals surface area contributed by atoms with Gasteiger partial charge in [-0.2, -0.15) is 0 Å². The minimum absolute atomic E-state index is 0.000919. The summed E-state index contributed by atoms with van der Waals surface area (Å²) in [5.74, 6) is -2.11. The zero-order valence-electron chi connectivity index (χ0n) is 12.5. The summed E-state index contributed by atoms with van der Waals surface area (Å²) in [4.78, 5) is 24.2. The number of carbonyl (C=O) groups excluding carboxylic acids is 1. The Kier molecular flexibility index (Phi) is 4.71. The van der Waals surface area contributed by atoms with Crippen LogP contribution in [0.4, 0.5) is 4.39 Å². The van der Waals surface area contributed by atoms with E-state index >= 15 is 0 Å². The van der Waals surface area contributed by atoms with Crippen molar-refractivity contribution in [3.63, 3.8) is 0 Å². The second-order valence-electron chi connectivity index (χ2n) is 5.27. The van der Waals surface area contributed by atoms with E-state index in [4.69, 9.17) is 5.11 Å². The monoisotopic (exact) mass is 344 g/mol. The predicted octanol–water partition coefficient (Wildman–Crippen LogP) is 0.624. The molecule has 0 aromatic heterocycles. The number of rotatable bonds is 5. The van der Waals surface area contributed by atoms with E-state index in [-0.39, 0.29) is 30.0 Å². The van der Waals surface area contributed by atoms with Gasteiger partial charge in [0.25, 0.3) is 5.91 Å². The predicted molar refractivity (Wildman–Crippen MR) is 79.3 cm³/mol. The molecule has 2 rings (SSSR count). The van der Waals surface area contributed by atoms with Crippen LogP contribution in [0.5, 0.6) is 0 Å². The van der Waals surface area contributed by atoms with Crippen molar-refractivity contribution >= 4 is 21.9 Å². The summed E-state index contributed by atoms with van der Waals surface area (Å²) in [6.07, 6.45) is -0.263. The minimum atomic E-state index is -3.61. The molecule has 1 fully saturated rings. The molecule has 0 bridgehead atoms. The van der Waals surface area contributed by atoms with Crippen LogP contribution < -0.4 is 4.72 Å². The molecule has 0 aliphatic carbocycles. The summed E-state index contributed by atoms with van der Waals surface area (Å²) in [5.41, 5.74) is -2.25. The summed E-state index contributed by atoms with van der Waals surface area (Å²) in [6.45, 7) is 1.37. The Hall–Kier alpha value is -2.00. The number of nitrogens with one attached hydrogen (secondary N) is 1. The topological polar surface area (TPSA) is 104 Å². The first kappa shape index (κ1) is 17.4. The summed E-state index contributed by atoms with van der Waals surface area (Å²) in [7, 11) is -3.61. The number of sulfonamides is 1. The van der Waals surface area contributed by atoms with Crippen molar-refractivity contribution in [2.75, 3.05) is 19.6 Å². The number of hydrogen-bond acceptors (Lipinski definition) is 4. The second kappa shape index (κ2) is 6.25. The van der Waals surface area contributed by atoms with Crippen molar-refractivity contribution < 1.29 is 27.5 Å². The van der Waals surface area contributed by atoms with E-state index in [1.165, 1.54) is 24.3 Å². The highest BCUT2D eigenvalue weighted by Gasteiger charge is 2.46. The highest BCUT2D eigenvalue weighted by molar-refractivity contribution is 7.89. The van der Waals surface area contributed by atoms with Crippen molar-refractivity contribution in [1.29, 1.82) is 0 Å². The van der Waals surface area contributed by atoms with Gasteiger partial charge in [-0.1, -0.05) is 6.92 Å². The normalized spacial score (nSPS) is 21.4. The number of nitrogens with zero attached hydrogens (tertiary/aromatic N) is 1. The largest absolute Gasteiger partial charge is 0.479 e. The quantitative estimate of drug-likeness (QED) is 0.815. The Morgan fingerprint density at radius 2 is 1.96 bits per heavy atom. The van der Waals surface area contributed by atoms with Crippen LogP contribution in [0.15, 0.2) is 29.2 Å². The van der Waals surface area contributed by atoms with Crippen LogP contribution in [0.2, 0.25) is 0 Å². The van der Waals surface area contributed by atoms with Crippen LogP contribution >= 0.6 is 0 Å². The molecule has 1 heterocycles. The van der Waals surface area contributed by atoms with Crippen molar-refractivity contribution in [3.8, 4) is 0 Å². The third kappa shape index (κ3) is 3.50. The molecule has 0 radical (unpaired) electrons. The molecule has 1 aliphatic heterocycles. The summed E-state index contributed by atoms with van der Waals surface area (Å²) in [6, 6.07) is 5.21. The molecule has 2 N–H and O–H groups in total. The van der Waals surface area contributed by atoms with Gasteiger partial charge < -0.3 is 10.0 Å². The van der Waals surface area contributed by atoms with Crippen LogP contribution in [-0.2, 0) is 14.8 Å². The smallest absolute Gasteiger partial charge is 0.343 e. The fourth-order valence-electron chi connectivity index (χ4n) is 2.35. The fourth-order valence-corrected chi connectivity index (χ4v) is 3.39. The first-order chi connectivity index (χ1) is 10.7. The molecule has 1 saturated heterocycles. The van der Waals surface area contributed by atoms with Crippen molar-refractivity contribution in [3.05, 3.63) is 29.8 Å². The van der Waals surface area contributed by atoms with E-state index in [2.05, 4.69) is 4.72 Å². The van der Waals surface area contributed by atoms with E-state index in [0.717, 1.165) is 4.90 Å². The number of benzene rings is 1. The second-order valence-corrected chi connectivity index (χ2v) is 7.04. The first-order valence-electron chi connectivity index (χ1n) is 7.01. The molecular formula is C14H17FN2O5S. The maximum atomic E-state index is 14.0. The molecule has 23 heavy (non-hydrogen) atoms. The molecule has 1 aromatic carbocycles. The van der Waals surface area contributed by atoms with E-state index in [0.29, 0.717) is 0 Å². The van der Waals surface area contributed by atoms with Gasteiger partial charge in [0.2, 0.25) is 15.7 Å². The molecule has 9 heteroatoms. The fraction of sp³-hybridized carbons (Fsp3) is 0.429. The molecule has 0 saturated carbocycles. The lowest BCUT2D eigenvalue weighted by atomic mass is 10.1. The highest BCUT2D eigenvalue weighted by Crippen LogP contribution is 2.27. The molecule has 1 aromatic rings. The lowest BCUT2D eigenvalue weighted by Crippen LogP contribution is -2.38. The maximum absolute atomic E-state index is 14.0. The highest BCUT2D eigenvalue weighted by atomic mass is 32.2. The van der Waals surface area contributed by atoms with Crippen LogP contribution in [-0.4, -0.2) is 55.6 Å². The number of halogens is 1. The van der Waals surface area contributed by atoms with Crippen molar-refractivity contribution in [2.24, 2.45) is 0 Å². The van der Waals surface area contributed by atoms with Gasteiger partial charge in [-0.3, -0.25) is 4.79 Å². The molecule has 0 spiro atoms. The van der Waals surface area contributed by atoms with Gasteiger partial charge in [-0.15, -0.1) is 0 Å². The number of carboxylic acid groups (broad SMARTS) is 1. The van der Waals surface area contributed by atoms with Gasteiger partial charge in [0.05, 0.1) is 11.4 Å². The van der Waals surface area contributed by atoms with Crippen molar-refractivity contribution in [1.82, 2.24) is 9.62 Å². The number of hydrogen-bond donors (Lipinski definition) is 2. The van der Waals surface area contributed by atoms with Crippen LogP contribution in [0.25, 0.3) is 0 Å². The Morgan fingerprint density at radius 3 is 2.43 bits per heavy atom. The zero-order valence-corrected chi connectivity index (χ0v) is 13.3. The Labute approximate surface area is 133 Å². The SMILES string of the molecule is CCNS(=O)(=O)c1ccc(C(=O)N2CCC(F)(C(=O)O)C2)cc1. The Morgan fingerprint density at radius 1 is 1.35 bits per heavy atom. The molecule has 126 valence electrons. The molecule has 1 unspecified atom stereocenters. The van der Waals surface area contributed by atoms with Crippen molar-refractivity contribution in [2.45, 2.75) is 23.9 Å². The average molecular weight is 344 g/mol. The van der Waals surface area contributed by atoms with Gasteiger partial charge in [0, 0.05) is 25.1 Å². The maximum Gasteiger partial charge on any atom is 0.343 e. The van der Waals surface area contributed by atoms with Gasteiger partial charge in [-0.05, 0) is 24.3 Å². The average Bonchev–Trinajstić information content (AvgIpc) is 2.90. The van der Waals surface area contributed by atoms with E-state index in [9.17, 15) is 22.4 Å². The van der Waals surface area contributed by atoms with Gasteiger partial charge >= 0.3 is 5.97 Å². The summed E-state index contributed by atoms with van der Waals surface area (Å²) in [5, 5.41) is 8.83. The van der Waals surface area contributed by atoms with Gasteiger partial charge in [0.1, 0.15) is 0 Å². The number of amides is 1. The molecule has 1 atom stereocenters. The summed E-state index contributed by atoms with van der Waals surface area (Å²) < 4.78 is 39.9. The number of carboxylic acids is 1. The van der Waals surface area contributed by atoms with Crippen LogP contribution in [0.1, 0.15) is 23.7 Å². The third-order valence-corrected chi connectivity index (χ3v) is 5.20. The number of likely N-dealkylation sites (tertiary alicyclic amines) is 1. The third-order valence-electron chi connectivity index (χ3n) is 3.64. The Balaban J connectivity index is 2.15. The van der Waals surface area contributed by atoms with E-state index in [1.54, 1.807) is 6.92 Å². The number of aliphatic carboxylic acids is 1. The number of alkyl halides is 1. The van der Waals surface area contributed by atoms with E-state index < -0.39 is 34.1 Å². The molecule has 7 nitrogen and oxygen atoms in total. The van der Waals surface area contributed by atoms with Crippen LogP contribution in [0.3, 0.4) is 0 Å². The molecular weight excluding hydrogens is 327 g/mol. The molecule has 1 amide bonds. The van der Waals surface area contributed by atoms with Crippen LogP contribution in [0, 0.1) is 0 Å². The van der Waals surface area contributed by atoms with Gasteiger partial charge in [0.15, 0.2) is 0 Å². The number of carbonyl (C=O) groups is 2. The lowest BCUT2D eigenvalue weighted by molar-refractivity contribution is -0.149.